The van der Waals surface area contributed by atoms with E-state index in [-0.39, 0.29) is 23.5 Å². The van der Waals surface area contributed by atoms with Crippen molar-refractivity contribution in [2.24, 2.45) is 10.2 Å². The van der Waals surface area contributed by atoms with Crippen LogP contribution in [0.2, 0.25) is 0 Å². The number of carbonyl (C=O) groups excluding carboxylic acids is 4. The van der Waals surface area contributed by atoms with Gasteiger partial charge < -0.3 is 13.9 Å². The van der Waals surface area contributed by atoms with Crippen molar-refractivity contribution in [1.29, 1.82) is 5.26 Å². The molecule has 0 unspecified atom stereocenters. The maximum absolute atomic E-state index is 12.4. The lowest BCUT2D eigenvalue weighted by Gasteiger charge is -2.12. The molecule has 0 spiro atoms. The third-order valence-corrected chi connectivity index (χ3v) is 5.18. The zero-order valence-electron chi connectivity index (χ0n) is 20.0. The number of fused-ring (bicyclic) bond motifs is 1. The highest BCUT2D eigenvalue weighted by molar-refractivity contribution is 6.19. The second-order valence-corrected chi connectivity index (χ2v) is 7.99. The van der Waals surface area contributed by atoms with Gasteiger partial charge >= 0.3 is 11.9 Å². The molecule has 2 aromatic carbocycles. The van der Waals surface area contributed by atoms with Crippen LogP contribution in [0.1, 0.15) is 18.2 Å². The Morgan fingerprint density at radius 1 is 1.05 bits per heavy atom. The first-order valence-corrected chi connectivity index (χ1v) is 11.3. The number of ether oxygens (including phenoxy) is 2. The molecular formula is C28H19N3O7. The fourth-order valence-corrected chi connectivity index (χ4v) is 3.53. The Hall–Kier alpha value is -5.43. The normalized spacial score (nSPS) is 13.7. The van der Waals surface area contributed by atoms with Gasteiger partial charge in [0.2, 0.25) is 11.5 Å². The summed E-state index contributed by atoms with van der Waals surface area (Å²) < 4.78 is 15.4. The highest BCUT2D eigenvalue weighted by atomic mass is 16.5. The van der Waals surface area contributed by atoms with E-state index in [1.807, 2.05) is 18.2 Å². The average Bonchev–Trinajstić information content (AvgIpc) is 3.29. The Morgan fingerprint density at radius 2 is 1.82 bits per heavy atom. The van der Waals surface area contributed by atoms with Crippen molar-refractivity contribution in [1.82, 2.24) is 0 Å². The van der Waals surface area contributed by atoms with Crippen LogP contribution in [0.25, 0.3) is 17.0 Å². The number of carbonyl (C=O) groups is 4. The zero-order chi connectivity index (χ0) is 27.1. The van der Waals surface area contributed by atoms with E-state index >= 15 is 0 Å². The molecular weight excluding hydrogens is 490 g/mol. The molecule has 0 saturated heterocycles. The number of nitrogens with zero attached hydrogens (tertiary/aromatic N) is 3. The molecule has 1 aliphatic carbocycles. The van der Waals surface area contributed by atoms with Crippen LogP contribution in [0.3, 0.4) is 0 Å². The fourth-order valence-electron chi connectivity index (χ4n) is 3.53. The Bertz CT molecular complexity index is 1580. The first kappa shape index (κ1) is 25.7. The summed E-state index contributed by atoms with van der Waals surface area (Å²) in [5.74, 6) is -2.83. The predicted molar refractivity (Wildman–Crippen MR) is 133 cm³/mol. The molecule has 0 fully saturated rings. The van der Waals surface area contributed by atoms with Crippen LogP contribution in [-0.2, 0) is 35.1 Å². The van der Waals surface area contributed by atoms with Gasteiger partial charge in [-0.1, -0.05) is 36.4 Å². The fraction of sp³-hybridized carbons (Fsp3) is 0.107. The van der Waals surface area contributed by atoms with Gasteiger partial charge in [0.15, 0.2) is 18.1 Å². The lowest BCUT2D eigenvalue weighted by molar-refractivity contribution is -0.139. The Labute approximate surface area is 216 Å². The van der Waals surface area contributed by atoms with Crippen molar-refractivity contribution in [3.8, 4) is 6.07 Å². The summed E-state index contributed by atoms with van der Waals surface area (Å²) in [5.41, 5.74) is 1.76. The van der Waals surface area contributed by atoms with E-state index in [0.717, 1.165) is 24.5 Å². The molecule has 1 heterocycles. The largest absolute Gasteiger partial charge is 0.457 e. The van der Waals surface area contributed by atoms with Gasteiger partial charge in [-0.25, -0.2) is 4.79 Å². The summed E-state index contributed by atoms with van der Waals surface area (Å²) in [6.07, 6.45) is 3.46. The minimum Gasteiger partial charge on any atom is -0.457 e. The monoisotopic (exact) mass is 509 g/mol. The molecule has 10 heteroatoms. The first-order valence-electron chi connectivity index (χ1n) is 11.3. The molecule has 0 saturated carbocycles. The van der Waals surface area contributed by atoms with Crippen LogP contribution in [0, 0.1) is 11.3 Å². The van der Waals surface area contributed by atoms with Crippen LogP contribution >= 0.6 is 0 Å². The second kappa shape index (κ2) is 11.5. The highest BCUT2D eigenvalue weighted by Gasteiger charge is 2.23. The number of azo groups is 1. The smallest absolute Gasteiger partial charge is 0.335 e. The van der Waals surface area contributed by atoms with Crippen molar-refractivity contribution >= 4 is 46.2 Å². The third kappa shape index (κ3) is 6.41. The number of hydrogen-bond acceptors (Lipinski definition) is 10. The summed E-state index contributed by atoms with van der Waals surface area (Å²) in [5, 5.41) is 18.1. The maximum Gasteiger partial charge on any atom is 0.335 e. The van der Waals surface area contributed by atoms with E-state index in [4.69, 9.17) is 13.9 Å². The zero-order valence-corrected chi connectivity index (χ0v) is 20.0. The molecule has 3 aromatic rings. The number of ketones is 2. The van der Waals surface area contributed by atoms with Gasteiger partial charge in [0.05, 0.1) is 5.69 Å². The number of rotatable bonds is 8. The summed E-state index contributed by atoms with van der Waals surface area (Å²) in [4.78, 5) is 47.9. The van der Waals surface area contributed by atoms with Gasteiger partial charge in [-0.2, -0.15) is 15.5 Å². The van der Waals surface area contributed by atoms with Crippen molar-refractivity contribution in [2.45, 2.75) is 13.3 Å². The Morgan fingerprint density at radius 3 is 2.58 bits per heavy atom. The quantitative estimate of drug-likeness (QED) is 0.140. The molecule has 1 aromatic heterocycles. The van der Waals surface area contributed by atoms with Crippen LogP contribution in [0.15, 0.2) is 98.5 Å². The van der Waals surface area contributed by atoms with E-state index < -0.39 is 30.0 Å². The topological polar surface area (TPSA) is 148 Å². The lowest BCUT2D eigenvalue weighted by Crippen LogP contribution is -2.17. The van der Waals surface area contributed by atoms with Gasteiger partial charge in [0, 0.05) is 36.5 Å². The molecule has 0 N–H and O–H groups in total. The van der Waals surface area contributed by atoms with Crippen LogP contribution in [-0.4, -0.2) is 30.0 Å². The number of furan rings is 1. The van der Waals surface area contributed by atoms with Crippen LogP contribution < -0.4 is 0 Å². The van der Waals surface area contributed by atoms with E-state index in [0.29, 0.717) is 22.6 Å². The standard InChI is InChI=1S/C28H19N3O7/c1-17(32)36-27-14-24(33)20(12-25(27)34)10-18-6-2-4-8-23(18)31-30-16-28(35)38-22(15-29)13-21-11-19-7-3-5-9-26(19)37-21/h2-9,11-14H,10,16H2,1H3/b22-13+,31-30?. The summed E-state index contributed by atoms with van der Waals surface area (Å²) in [6, 6.07) is 17.5. The minimum atomic E-state index is -0.811. The van der Waals surface area contributed by atoms with E-state index in [1.165, 1.54) is 6.08 Å². The molecule has 4 rings (SSSR count). The average molecular weight is 509 g/mol. The highest BCUT2D eigenvalue weighted by Crippen LogP contribution is 2.25. The number of allylic oxidation sites excluding steroid dienone is 4. The van der Waals surface area contributed by atoms with Crippen LogP contribution in [0.5, 0.6) is 0 Å². The van der Waals surface area contributed by atoms with Crippen molar-refractivity contribution in [3.63, 3.8) is 0 Å². The summed E-state index contributed by atoms with van der Waals surface area (Å²) in [7, 11) is 0. The molecule has 188 valence electrons. The number of nitriles is 1. The number of para-hydroxylation sites is 1. The van der Waals surface area contributed by atoms with Gasteiger partial charge in [-0.3, -0.25) is 14.4 Å². The lowest BCUT2D eigenvalue weighted by atomic mass is 9.95. The van der Waals surface area contributed by atoms with Gasteiger partial charge in [-0.15, -0.1) is 0 Å². The third-order valence-electron chi connectivity index (χ3n) is 5.18. The van der Waals surface area contributed by atoms with Crippen molar-refractivity contribution in [3.05, 3.63) is 95.2 Å². The van der Waals surface area contributed by atoms with Gasteiger partial charge in [0.1, 0.15) is 17.4 Å². The Kier molecular flexibility index (Phi) is 7.79. The number of hydrogen-bond donors (Lipinski definition) is 0. The molecule has 0 bridgehead atoms. The van der Waals surface area contributed by atoms with Crippen LogP contribution in [0.4, 0.5) is 5.69 Å². The SMILES string of the molecule is CC(=O)OC1=CC(=O)C(Cc2ccccc2N=NCC(=O)O/C(C#N)=C/c2cc3ccccc3o2)=CC1=O. The maximum atomic E-state index is 12.4. The van der Waals surface area contributed by atoms with Crippen molar-refractivity contribution < 1.29 is 33.1 Å². The first-order chi connectivity index (χ1) is 18.3. The van der Waals surface area contributed by atoms with E-state index in [9.17, 15) is 24.4 Å². The molecule has 0 amide bonds. The van der Waals surface area contributed by atoms with E-state index in [2.05, 4.69) is 10.2 Å². The summed E-state index contributed by atoms with van der Waals surface area (Å²) >= 11 is 0. The minimum absolute atomic E-state index is 0.0624. The Balaban J connectivity index is 1.40. The molecule has 0 aliphatic heterocycles. The molecule has 1 aliphatic rings. The van der Waals surface area contributed by atoms with Crippen molar-refractivity contribution in [2.75, 3.05) is 6.54 Å². The molecule has 38 heavy (non-hydrogen) atoms. The number of benzene rings is 2. The molecule has 0 radical (unpaired) electrons. The van der Waals surface area contributed by atoms with E-state index in [1.54, 1.807) is 42.5 Å². The van der Waals surface area contributed by atoms with Gasteiger partial charge in [-0.05, 0) is 29.8 Å². The van der Waals surface area contributed by atoms with Gasteiger partial charge in [0.25, 0.3) is 0 Å². The molecule has 10 nitrogen and oxygen atoms in total. The summed E-state index contributed by atoms with van der Waals surface area (Å²) in [6.45, 7) is 0.662. The second-order valence-electron chi connectivity index (χ2n) is 7.99. The number of esters is 2. The molecule has 0 atom stereocenters. The predicted octanol–water partition coefficient (Wildman–Crippen LogP) is 4.69.